The molecule has 1 aliphatic carbocycles. The predicted octanol–water partition coefficient (Wildman–Crippen LogP) is 13.8. The van der Waals surface area contributed by atoms with Crippen molar-refractivity contribution in [3.63, 3.8) is 0 Å². The molecule has 0 heterocycles. The number of aliphatic hydroxyl groups excluding tert-OH is 2. The van der Waals surface area contributed by atoms with E-state index in [1.807, 2.05) is 12.1 Å². The Kier molecular flexibility index (Phi) is 39.5. The lowest BCUT2D eigenvalue weighted by molar-refractivity contribution is -0.146. The van der Waals surface area contributed by atoms with Crippen molar-refractivity contribution in [3.05, 3.63) is 141 Å². The maximum absolute atomic E-state index is 13.1. The topological polar surface area (TPSA) is 195 Å². The van der Waals surface area contributed by atoms with E-state index in [1.165, 1.54) is 16.7 Å². The van der Waals surface area contributed by atoms with Crippen LogP contribution in [0.3, 0.4) is 0 Å². The molecule has 4 aromatic rings. The summed E-state index contributed by atoms with van der Waals surface area (Å²) in [7, 11) is 0. The van der Waals surface area contributed by atoms with Crippen LogP contribution in [-0.4, -0.2) is 164 Å². The Morgan fingerprint density at radius 2 is 0.871 bits per heavy atom. The fraction of sp³-hybridized carbons (Fsp3) is 0.610. The number of phenols is 2. The summed E-state index contributed by atoms with van der Waals surface area (Å²) in [6, 6.07) is 25.9. The molecule has 0 spiro atoms. The highest BCUT2D eigenvalue weighted by Gasteiger charge is 2.24. The molecule has 0 saturated carbocycles. The second-order valence-corrected chi connectivity index (χ2v) is 24.2. The van der Waals surface area contributed by atoms with Gasteiger partial charge in [-0.1, -0.05) is 140 Å². The average Bonchev–Trinajstić information content (AvgIpc) is 0.846. The van der Waals surface area contributed by atoms with Crippen LogP contribution in [-0.2, 0) is 73.2 Å². The number of hydrogen-bond acceptors (Lipinski definition) is 16. The van der Waals surface area contributed by atoms with Crippen LogP contribution >= 0.6 is 0 Å². The Balaban J connectivity index is 1.20. The van der Waals surface area contributed by atoms with E-state index in [2.05, 4.69) is 130 Å². The molecule has 5 rings (SSSR count). The molecule has 0 radical (unpaired) electrons. The molecular formula is C77H116N2O14. The highest BCUT2D eigenvalue weighted by Crippen LogP contribution is 2.42. The van der Waals surface area contributed by atoms with Crippen LogP contribution in [0.4, 0.5) is 11.4 Å². The number of phenolic OH excluding ortho intramolecular Hbond substituents is 2. The summed E-state index contributed by atoms with van der Waals surface area (Å²) in [5.74, 6) is 0.872. The Hall–Kier alpha value is -5.82. The van der Waals surface area contributed by atoms with Gasteiger partial charge in [-0.15, -0.1) is 0 Å². The highest BCUT2D eigenvalue weighted by molar-refractivity contribution is 5.70. The van der Waals surface area contributed by atoms with E-state index < -0.39 is 0 Å². The molecule has 518 valence electrons. The summed E-state index contributed by atoms with van der Waals surface area (Å²) in [4.78, 5) is 30.5. The van der Waals surface area contributed by atoms with Crippen molar-refractivity contribution in [2.45, 2.75) is 175 Å². The summed E-state index contributed by atoms with van der Waals surface area (Å²) < 4.78 is 46.2. The molecule has 16 heteroatoms. The van der Waals surface area contributed by atoms with E-state index in [4.69, 9.17) is 48.1 Å². The second-order valence-electron chi connectivity index (χ2n) is 24.2. The van der Waals surface area contributed by atoms with Crippen molar-refractivity contribution in [2.24, 2.45) is 0 Å². The van der Waals surface area contributed by atoms with Gasteiger partial charge in [-0.05, 0) is 158 Å². The monoisotopic (exact) mass is 1290 g/mol. The van der Waals surface area contributed by atoms with Crippen molar-refractivity contribution in [2.75, 3.05) is 142 Å². The molecule has 3 atom stereocenters. The molecule has 4 N–H and O–H groups in total. The minimum atomic E-state index is -0.272. The lowest BCUT2D eigenvalue weighted by atomic mass is 9.81. The van der Waals surface area contributed by atoms with Gasteiger partial charge in [-0.3, -0.25) is 9.59 Å². The zero-order valence-corrected chi connectivity index (χ0v) is 57.5. The van der Waals surface area contributed by atoms with Crippen LogP contribution < -0.4 is 9.80 Å². The van der Waals surface area contributed by atoms with Crippen LogP contribution in [0.1, 0.15) is 194 Å². The van der Waals surface area contributed by atoms with Gasteiger partial charge in [0.05, 0.1) is 92.5 Å². The van der Waals surface area contributed by atoms with E-state index in [9.17, 15) is 19.8 Å². The molecule has 0 aromatic heterocycles. The maximum Gasteiger partial charge on any atom is 0.306 e. The standard InChI is InChI=1S/C77H116N2O14/c1-7-13-20-67-56-60(57-68(76(67)84)21-14-8-2)24-34-73(82)92-54-52-88-44-38-78(36-42-86-48-50-90-46-40-80)69-30-26-65(27-31-69)75(64-22-16-15-17-23-64)66-28-32-70(33-29-66)79(37-43-87-49-51-91-47-41-81)39-45-89-53-55-93-74(83)35-25-61-58-71(62(11-5)18-9-3)77(85)72(59-61)63(12-6)19-10-4/h15-16,22,26-33,56-59,62-63,75,80-81,84-85H,7-14,17-21,23-25,34-55H2,1-6H3. The molecule has 93 heavy (non-hydrogen) atoms. The van der Waals surface area contributed by atoms with Gasteiger partial charge in [0.2, 0.25) is 0 Å². The van der Waals surface area contributed by atoms with Gasteiger partial charge in [-0.25, -0.2) is 0 Å². The number of unbranched alkanes of at least 4 members (excludes halogenated alkanes) is 2. The highest BCUT2D eigenvalue weighted by atomic mass is 16.6. The summed E-state index contributed by atoms with van der Waals surface area (Å²) in [6.45, 7) is 20.1. The number of esters is 2. The summed E-state index contributed by atoms with van der Waals surface area (Å²) in [5.41, 5.74) is 11.8. The molecule has 0 saturated heterocycles. The maximum atomic E-state index is 13.1. The molecule has 3 unspecified atom stereocenters. The number of rotatable bonds is 53. The van der Waals surface area contributed by atoms with Crippen LogP contribution in [0, 0.1) is 0 Å². The molecule has 0 aliphatic heterocycles. The third kappa shape index (κ3) is 28.6. The number of allylic oxidation sites excluding steroid dienone is 4. The number of ether oxygens (including phenoxy) is 8. The lowest BCUT2D eigenvalue weighted by Gasteiger charge is -2.28. The summed E-state index contributed by atoms with van der Waals surface area (Å²) >= 11 is 0. The zero-order chi connectivity index (χ0) is 66.7. The summed E-state index contributed by atoms with van der Waals surface area (Å²) in [6.07, 6.45) is 21.9. The van der Waals surface area contributed by atoms with Crippen molar-refractivity contribution in [1.29, 1.82) is 0 Å². The number of aromatic hydroxyl groups is 2. The molecule has 0 amide bonds. The van der Waals surface area contributed by atoms with E-state index >= 15 is 0 Å². The predicted molar refractivity (Wildman–Crippen MR) is 373 cm³/mol. The molecule has 1 aliphatic rings. The number of benzene rings is 4. The molecule has 4 aromatic carbocycles. The number of carbonyl (C=O) groups excluding carboxylic acids is 2. The Morgan fingerprint density at radius 1 is 0.473 bits per heavy atom. The number of carbonyl (C=O) groups is 2. The number of hydrogen-bond donors (Lipinski definition) is 4. The quantitative estimate of drug-likeness (QED) is 0.0241. The second kappa shape index (κ2) is 47.1. The largest absolute Gasteiger partial charge is 0.507 e. The van der Waals surface area contributed by atoms with E-state index in [1.54, 1.807) is 0 Å². The van der Waals surface area contributed by atoms with Gasteiger partial charge in [0, 0.05) is 56.3 Å². The molecule has 0 fully saturated rings. The number of anilines is 2. The number of aryl methyl sites for hydroxylation is 4. The van der Waals surface area contributed by atoms with Gasteiger partial charge < -0.3 is 68.1 Å². The van der Waals surface area contributed by atoms with Gasteiger partial charge >= 0.3 is 11.9 Å². The first-order chi connectivity index (χ1) is 45.5. The molecule has 16 nitrogen and oxygen atoms in total. The SMILES string of the molecule is CCCCc1cc(CCC(=O)OCCOCCN(CCOCCOCCO)c2ccc(C(C3=CC=CCC3)c3ccc(N(CCOCCOCCO)CCOCCOC(=O)CCc4cc(C(CC)CCC)c(O)c(C(CC)CCC)c4)cc3)cc2)cc(CCCC)c1O. The zero-order valence-electron chi connectivity index (χ0n) is 57.5. The van der Waals surface area contributed by atoms with E-state index in [-0.39, 0.29) is 95.4 Å². The van der Waals surface area contributed by atoms with Gasteiger partial charge in [0.25, 0.3) is 0 Å². The minimum Gasteiger partial charge on any atom is -0.507 e. The fourth-order valence-electron chi connectivity index (χ4n) is 12.2. The van der Waals surface area contributed by atoms with Crippen molar-refractivity contribution < 1.29 is 67.9 Å². The Morgan fingerprint density at radius 3 is 1.24 bits per heavy atom. The van der Waals surface area contributed by atoms with Crippen LogP contribution in [0.15, 0.2) is 96.6 Å². The van der Waals surface area contributed by atoms with Crippen molar-refractivity contribution in [1.82, 2.24) is 0 Å². The third-order valence-corrected chi connectivity index (χ3v) is 17.3. The molecule has 0 bridgehead atoms. The normalized spacial score (nSPS) is 13.2. The first kappa shape index (κ1) is 77.9. The third-order valence-electron chi connectivity index (χ3n) is 17.3. The van der Waals surface area contributed by atoms with E-state index in [0.29, 0.717) is 103 Å². The Labute approximate surface area is 557 Å². The van der Waals surface area contributed by atoms with Crippen LogP contribution in [0.5, 0.6) is 11.5 Å². The van der Waals surface area contributed by atoms with Crippen LogP contribution in [0.2, 0.25) is 0 Å². The summed E-state index contributed by atoms with van der Waals surface area (Å²) in [5, 5.41) is 40.8. The van der Waals surface area contributed by atoms with Gasteiger partial charge in [0.1, 0.15) is 24.7 Å². The van der Waals surface area contributed by atoms with Gasteiger partial charge in [0.15, 0.2) is 0 Å². The fourth-order valence-corrected chi connectivity index (χ4v) is 12.2. The van der Waals surface area contributed by atoms with Crippen molar-refractivity contribution in [3.8, 4) is 11.5 Å². The smallest absolute Gasteiger partial charge is 0.306 e. The molecular weight excluding hydrogens is 1180 g/mol. The van der Waals surface area contributed by atoms with Crippen LogP contribution in [0.25, 0.3) is 0 Å². The van der Waals surface area contributed by atoms with E-state index in [0.717, 1.165) is 135 Å². The minimum absolute atomic E-state index is 0.0172. The van der Waals surface area contributed by atoms with Gasteiger partial charge in [-0.2, -0.15) is 0 Å². The number of nitrogens with zero attached hydrogens (tertiary/aromatic N) is 2. The Bertz CT molecular complexity index is 2670. The van der Waals surface area contributed by atoms with Crippen molar-refractivity contribution >= 4 is 23.3 Å². The first-order valence-electron chi connectivity index (χ1n) is 35.3. The average molecular weight is 1290 g/mol. The lowest BCUT2D eigenvalue weighted by Crippen LogP contribution is -2.31. The number of aliphatic hydroxyl groups is 2. The first-order valence-corrected chi connectivity index (χ1v) is 35.3.